The molecule has 3 aliphatic heterocycles. The second-order valence-electron chi connectivity index (χ2n) is 13.6. The molecule has 6 heteroatoms. The summed E-state index contributed by atoms with van der Waals surface area (Å²) in [6, 6.07) is 51.5. The van der Waals surface area contributed by atoms with E-state index in [9.17, 15) is 0 Å². The quantitative estimate of drug-likeness (QED) is 0.174. The third-order valence-electron chi connectivity index (χ3n) is 10.7. The Labute approximate surface area is 318 Å². The molecule has 1 aromatic heterocycles. The molecule has 0 fully saturated rings. The minimum absolute atomic E-state index is 0.317. The van der Waals surface area contributed by atoms with Gasteiger partial charge in [-0.3, -0.25) is 0 Å². The minimum atomic E-state index is 0.317. The van der Waals surface area contributed by atoms with Gasteiger partial charge in [0, 0.05) is 62.5 Å². The maximum Gasteiger partial charge on any atom is 0.0601 e. The number of allylic oxidation sites excluding steroid dienone is 2. The SMILES string of the molecule is C1=CC2c3c(c4sc5cc(N6c7ccccc7Sc7ccccc76)ccc5c4c4ccccc34)SC2C=C1N1c2ccccc2Sc2ccccc21. The molecule has 4 aliphatic rings. The van der Waals surface area contributed by atoms with E-state index in [0.29, 0.717) is 11.2 Å². The molecule has 246 valence electrons. The van der Waals surface area contributed by atoms with Crippen LogP contribution in [-0.4, -0.2) is 5.25 Å². The van der Waals surface area contributed by atoms with Gasteiger partial charge in [-0.05, 0) is 89.2 Å². The lowest BCUT2D eigenvalue weighted by Crippen LogP contribution is -2.23. The lowest BCUT2D eigenvalue weighted by atomic mass is 9.86. The summed E-state index contributed by atoms with van der Waals surface area (Å²) in [4.78, 5) is 11.5. The van der Waals surface area contributed by atoms with Gasteiger partial charge in [0.05, 0.1) is 27.4 Å². The zero-order valence-corrected chi connectivity index (χ0v) is 31.0. The van der Waals surface area contributed by atoms with Gasteiger partial charge >= 0.3 is 0 Å². The molecule has 8 aromatic rings. The van der Waals surface area contributed by atoms with E-state index in [4.69, 9.17) is 0 Å². The lowest BCUT2D eigenvalue weighted by Gasteiger charge is -2.35. The summed E-state index contributed by atoms with van der Waals surface area (Å²) < 4.78 is 2.75. The Bertz CT molecular complexity index is 2790. The lowest BCUT2D eigenvalue weighted by molar-refractivity contribution is 0.874. The molecule has 0 radical (unpaired) electrons. The highest BCUT2D eigenvalue weighted by Gasteiger charge is 2.38. The van der Waals surface area contributed by atoms with Gasteiger partial charge in [-0.2, -0.15) is 0 Å². The van der Waals surface area contributed by atoms with E-state index >= 15 is 0 Å². The number of hydrogen-bond donors (Lipinski definition) is 0. The molecule has 0 amide bonds. The van der Waals surface area contributed by atoms with E-state index in [-0.39, 0.29) is 0 Å². The number of benzene rings is 7. The predicted octanol–water partition coefficient (Wildman–Crippen LogP) is 14.5. The molecular weight excluding hydrogens is 709 g/mol. The summed E-state index contributed by atoms with van der Waals surface area (Å²) in [6.45, 7) is 0. The van der Waals surface area contributed by atoms with Gasteiger partial charge in [0.25, 0.3) is 0 Å². The minimum Gasteiger partial charge on any atom is -0.309 e. The van der Waals surface area contributed by atoms with Crippen molar-refractivity contribution in [3.8, 4) is 0 Å². The van der Waals surface area contributed by atoms with Gasteiger partial charge in [-0.25, -0.2) is 0 Å². The normalized spacial score (nSPS) is 18.1. The molecule has 2 nitrogen and oxygen atoms in total. The highest BCUT2D eigenvalue weighted by Crippen LogP contribution is 2.59. The molecule has 0 bridgehead atoms. The third-order valence-corrected chi connectivity index (χ3v) is 15.7. The van der Waals surface area contributed by atoms with E-state index in [1.807, 2.05) is 34.9 Å². The van der Waals surface area contributed by atoms with Crippen molar-refractivity contribution in [2.75, 3.05) is 9.80 Å². The Morgan fingerprint density at radius 1 is 0.519 bits per heavy atom. The first-order chi connectivity index (χ1) is 25.8. The van der Waals surface area contributed by atoms with Crippen LogP contribution in [0.4, 0.5) is 28.4 Å². The van der Waals surface area contributed by atoms with E-state index in [2.05, 4.69) is 179 Å². The molecule has 12 rings (SSSR count). The number of thioether (sulfide) groups is 1. The van der Waals surface area contributed by atoms with Crippen LogP contribution in [0.15, 0.2) is 188 Å². The number of hydrogen-bond acceptors (Lipinski definition) is 6. The van der Waals surface area contributed by atoms with Gasteiger partial charge < -0.3 is 9.80 Å². The van der Waals surface area contributed by atoms with E-state index < -0.39 is 0 Å². The van der Waals surface area contributed by atoms with Crippen LogP contribution < -0.4 is 9.80 Å². The number of rotatable bonds is 2. The molecule has 2 atom stereocenters. The van der Waals surface area contributed by atoms with Crippen molar-refractivity contribution >= 4 is 106 Å². The Kier molecular flexibility index (Phi) is 6.47. The monoisotopic (exact) mass is 736 g/mol. The van der Waals surface area contributed by atoms with Crippen molar-refractivity contribution in [1.29, 1.82) is 0 Å². The van der Waals surface area contributed by atoms with Crippen LogP contribution in [-0.2, 0) is 0 Å². The molecular formula is C46H28N2S4. The smallest absolute Gasteiger partial charge is 0.0601 e. The standard InChI is InChI=1S/C46H28N2S4/c1-2-12-30-29(11-1)43-31-23-21-27(47-33-13-3-7-17-37(33)49-38-18-8-4-14-34(38)47)25-41(31)51-45(43)46-44(30)32-24-22-28(26-42(32)52-46)48-35-15-5-9-19-39(35)50-40-20-10-6-16-36(40)48/h1-26,31,41H. The van der Waals surface area contributed by atoms with Crippen LogP contribution in [0, 0.1) is 0 Å². The van der Waals surface area contributed by atoms with Crippen LogP contribution in [0.2, 0.25) is 0 Å². The first-order valence-electron chi connectivity index (χ1n) is 17.6. The van der Waals surface area contributed by atoms with E-state index in [1.165, 1.54) is 95.1 Å². The van der Waals surface area contributed by atoms with E-state index in [1.54, 1.807) is 0 Å². The summed E-state index contributed by atoms with van der Waals surface area (Å²) in [6.07, 6.45) is 7.40. The predicted molar refractivity (Wildman–Crippen MR) is 224 cm³/mol. The summed E-state index contributed by atoms with van der Waals surface area (Å²) in [5.74, 6) is 0.322. The van der Waals surface area contributed by atoms with Crippen molar-refractivity contribution < 1.29 is 0 Å². The Morgan fingerprint density at radius 3 is 1.71 bits per heavy atom. The fourth-order valence-electron chi connectivity index (χ4n) is 8.54. The molecule has 0 spiro atoms. The molecule has 0 saturated carbocycles. The van der Waals surface area contributed by atoms with Crippen molar-refractivity contribution in [1.82, 2.24) is 0 Å². The first kappa shape index (κ1) is 29.7. The summed E-state index contributed by atoms with van der Waals surface area (Å²) in [5.41, 5.74) is 8.94. The van der Waals surface area contributed by atoms with Gasteiger partial charge in [-0.15, -0.1) is 23.1 Å². The third kappa shape index (κ3) is 4.24. The zero-order valence-electron chi connectivity index (χ0n) is 27.7. The van der Waals surface area contributed by atoms with Gasteiger partial charge in [0.2, 0.25) is 0 Å². The molecule has 2 unspecified atom stereocenters. The maximum atomic E-state index is 2.54. The Balaban J connectivity index is 1.01. The highest BCUT2D eigenvalue weighted by molar-refractivity contribution is 8.01. The number of anilines is 5. The Morgan fingerprint density at radius 2 is 1.08 bits per heavy atom. The number of nitrogens with zero attached hydrogens (tertiary/aromatic N) is 2. The maximum absolute atomic E-state index is 2.54. The van der Waals surface area contributed by atoms with E-state index in [0.717, 1.165) is 0 Å². The van der Waals surface area contributed by atoms with Crippen LogP contribution >= 0.6 is 46.6 Å². The van der Waals surface area contributed by atoms with Crippen LogP contribution in [0.3, 0.4) is 0 Å². The number of fused-ring (bicyclic) bond motifs is 14. The van der Waals surface area contributed by atoms with Crippen LogP contribution in [0.25, 0.3) is 30.9 Å². The molecule has 1 aliphatic carbocycles. The molecule has 52 heavy (non-hydrogen) atoms. The average Bonchev–Trinajstić information content (AvgIpc) is 3.78. The Hall–Kier alpha value is -4.85. The number of thiophene rings is 1. The molecule has 0 N–H and O–H groups in total. The van der Waals surface area contributed by atoms with Crippen LogP contribution in [0.5, 0.6) is 0 Å². The molecule has 4 heterocycles. The fraction of sp³-hybridized carbons (Fsp3) is 0.0435. The second kappa shape index (κ2) is 11.3. The number of para-hydroxylation sites is 4. The van der Waals surface area contributed by atoms with Gasteiger partial charge in [-0.1, -0.05) is 108 Å². The summed E-state index contributed by atoms with van der Waals surface area (Å²) in [5, 5.41) is 5.80. The largest absolute Gasteiger partial charge is 0.309 e. The van der Waals surface area contributed by atoms with Crippen molar-refractivity contribution in [3.63, 3.8) is 0 Å². The summed E-state index contributed by atoms with van der Waals surface area (Å²) >= 11 is 7.76. The first-order valence-corrected chi connectivity index (χ1v) is 20.9. The van der Waals surface area contributed by atoms with Crippen molar-refractivity contribution in [2.24, 2.45) is 0 Å². The summed E-state index contributed by atoms with van der Waals surface area (Å²) in [7, 11) is 0. The average molecular weight is 737 g/mol. The van der Waals surface area contributed by atoms with Crippen LogP contribution in [0.1, 0.15) is 11.5 Å². The van der Waals surface area contributed by atoms with Gasteiger partial charge in [0.1, 0.15) is 0 Å². The molecule has 7 aromatic carbocycles. The van der Waals surface area contributed by atoms with Crippen molar-refractivity contribution in [2.45, 2.75) is 35.6 Å². The zero-order chi connectivity index (χ0) is 33.9. The van der Waals surface area contributed by atoms with Gasteiger partial charge in [0.15, 0.2) is 0 Å². The second-order valence-corrected chi connectivity index (χ2v) is 18.0. The fourth-order valence-corrected chi connectivity index (χ4v) is 13.6. The topological polar surface area (TPSA) is 6.48 Å². The van der Waals surface area contributed by atoms with Crippen molar-refractivity contribution in [3.05, 3.63) is 169 Å². The molecule has 0 saturated heterocycles. The highest BCUT2D eigenvalue weighted by atomic mass is 32.2.